The van der Waals surface area contributed by atoms with E-state index in [1.54, 1.807) is 0 Å². The van der Waals surface area contributed by atoms with E-state index >= 15 is 0 Å². The molecule has 0 atom stereocenters. The Bertz CT molecular complexity index is 3920. The molecular formula is C62H39NS2. The van der Waals surface area contributed by atoms with Gasteiger partial charge in [0.25, 0.3) is 0 Å². The zero-order chi connectivity index (χ0) is 42.8. The summed E-state index contributed by atoms with van der Waals surface area (Å²) in [5, 5.41) is 10.2. The van der Waals surface area contributed by atoms with Gasteiger partial charge in [-0.05, 0) is 121 Å². The molecule has 0 radical (unpaired) electrons. The smallest absolute Gasteiger partial charge is 0.0555 e. The van der Waals surface area contributed by atoms with Crippen LogP contribution in [0.25, 0.3) is 106 Å². The van der Waals surface area contributed by atoms with Crippen molar-refractivity contribution in [1.29, 1.82) is 0 Å². The van der Waals surface area contributed by atoms with Crippen LogP contribution in [0.2, 0.25) is 0 Å². The van der Waals surface area contributed by atoms with E-state index in [4.69, 9.17) is 0 Å². The summed E-state index contributed by atoms with van der Waals surface area (Å²) in [6.45, 7) is 0. The molecule has 11 aromatic carbocycles. The van der Waals surface area contributed by atoms with Gasteiger partial charge in [0.2, 0.25) is 0 Å². The summed E-state index contributed by atoms with van der Waals surface area (Å²) in [5.41, 5.74) is 13.2. The Balaban J connectivity index is 1.02. The van der Waals surface area contributed by atoms with Crippen LogP contribution in [-0.2, 0) is 0 Å². The van der Waals surface area contributed by atoms with Crippen LogP contribution in [0.3, 0.4) is 0 Å². The van der Waals surface area contributed by atoms with Crippen molar-refractivity contribution in [3.05, 3.63) is 237 Å². The second-order valence-electron chi connectivity index (χ2n) is 16.8. The first kappa shape index (κ1) is 37.7. The maximum Gasteiger partial charge on any atom is 0.0555 e. The quantitative estimate of drug-likeness (QED) is 0.144. The number of hydrogen-bond donors (Lipinski definition) is 0. The highest BCUT2D eigenvalue weighted by Crippen LogP contribution is 2.50. The molecule has 2 aromatic heterocycles. The number of benzene rings is 11. The number of fused-ring (bicyclic) bond motifs is 9. The highest BCUT2D eigenvalue weighted by Gasteiger charge is 2.23. The molecule has 0 spiro atoms. The summed E-state index contributed by atoms with van der Waals surface area (Å²) in [5.74, 6) is 0. The van der Waals surface area contributed by atoms with Crippen molar-refractivity contribution < 1.29 is 0 Å². The summed E-state index contributed by atoms with van der Waals surface area (Å²) in [4.78, 5) is 2.49. The molecule has 0 aliphatic rings. The summed E-state index contributed by atoms with van der Waals surface area (Å²) in [7, 11) is 0. The lowest BCUT2D eigenvalue weighted by Crippen LogP contribution is -2.10. The molecule has 13 aromatic rings. The fourth-order valence-corrected chi connectivity index (χ4v) is 12.3. The summed E-state index contributed by atoms with van der Waals surface area (Å²) >= 11 is 3.77. The molecule has 65 heavy (non-hydrogen) atoms. The summed E-state index contributed by atoms with van der Waals surface area (Å²) in [6.07, 6.45) is 0. The van der Waals surface area contributed by atoms with E-state index < -0.39 is 0 Å². The van der Waals surface area contributed by atoms with Crippen LogP contribution >= 0.6 is 22.7 Å². The van der Waals surface area contributed by atoms with Crippen LogP contribution in [0.15, 0.2) is 237 Å². The summed E-state index contributed by atoms with van der Waals surface area (Å²) < 4.78 is 5.14. The molecular weight excluding hydrogens is 823 g/mol. The van der Waals surface area contributed by atoms with Gasteiger partial charge in [-0.2, -0.15) is 0 Å². The number of thiophene rings is 2. The minimum Gasteiger partial charge on any atom is -0.310 e. The van der Waals surface area contributed by atoms with Crippen LogP contribution in [0, 0.1) is 0 Å². The van der Waals surface area contributed by atoms with Gasteiger partial charge in [0.05, 0.1) is 5.69 Å². The Morgan fingerprint density at radius 1 is 0.277 bits per heavy atom. The molecule has 1 nitrogen and oxygen atoms in total. The molecule has 0 amide bonds. The molecule has 0 unspecified atom stereocenters. The molecule has 0 saturated heterocycles. The van der Waals surface area contributed by atoms with E-state index in [1.165, 1.54) is 106 Å². The second kappa shape index (κ2) is 15.5. The van der Waals surface area contributed by atoms with E-state index in [2.05, 4.69) is 241 Å². The Morgan fingerprint density at radius 3 is 1.54 bits per heavy atom. The molecule has 0 aliphatic heterocycles. The molecule has 3 heteroatoms. The van der Waals surface area contributed by atoms with E-state index in [0.717, 1.165) is 17.1 Å². The highest BCUT2D eigenvalue weighted by atomic mass is 32.1. The zero-order valence-corrected chi connectivity index (χ0v) is 36.9. The normalized spacial score (nSPS) is 11.7. The molecule has 13 rings (SSSR count). The lowest BCUT2D eigenvalue weighted by atomic mass is 9.96. The monoisotopic (exact) mass is 861 g/mol. The predicted octanol–water partition coefficient (Wildman–Crippen LogP) is 18.9. The van der Waals surface area contributed by atoms with E-state index in [9.17, 15) is 0 Å². The van der Waals surface area contributed by atoms with Crippen LogP contribution in [0.1, 0.15) is 0 Å². The Labute approximate surface area is 385 Å². The van der Waals surface area contributed by atoms with Crippen LogP contribution in [0.5, 0.6) is 0 Å². The van der Waals surface area contributed by atoms with Gasteiger partial charge in [0.15, 0.2) is 0 Å². The van der Waals surface area contributed by atoms with Crippen molar-refractivity contribution in [2.75, 3.05) is 4.90 Å². The van der Waals surface area contributed by atoms with Crippen LogP contribution in [-0.4, -0.2) is 0 Å². The van der Waals surface area contributed by atoms with Gasteiger partial charge in [-0.3, -0.25) is 0 Å². The van der Waals surface area contributed by atoms with Crippen molar-refractivity contribution >= 4 is 102 Å². The van der Waals surface area contributed by atoms with Crippen molar-refractivity contribution in [2.45, 2.75) is 0 Å². The lowest BCUT2D eigenvalue weighted by Gasteiger charge is -2.27. The minimum atomic E-state index is 1.11. The first-order valence-corrected chi connectivity index (χ1v) is 23.8. The fourth-order valence-electron chi connectivity index (χ4n) is 9.83. The molecule has 304 valence electrons. The van der Waals surface area contributed by atoms with Crippen molar-refractivity contribution in [3.8, 4) is 44.5 Å². The van der Waals surface area contributed by atoms with Gasteiger partial charge >= 0.3 is 0 Å². The third kappa shape index (κ3) is 6.51. The first-order chi connectivity index (χ1) is 32.2. The van der Waals surface area contributed by atoms with Gasteiger partial charge in [-0.15, -0.1) is 22.7 Å². The van der Waals surface area contributed by atoms with Crippen molar-refractivity contribution in [2.24, 2.45) is 0 Å². The number of nitrogens with zero attached hydrogens (tertiary/aromatic N) is 1. The molecule has 2 heterocycles. The Morgan fingerprint density at radius 2 is 0.815 bits per heavy atom. The van der Waals surface area contributed by atoms with E-state index in [-0.39, 0.29) is 0 Å². The van der Waals surface area contributed by atoms with Crippen LogP contribution < -0.4 is 4.90 Å². The lowest BCUT2D eigenvalue weighted by molar-refractivity contribution is 1.31. The SMILES string of the molecule is c1ccc(-c2ccc3c(c2)sc2ccc(N(c4ccc(-c5ccc6ccc7ccccc7c6c5)cc4)c4ccc(-c5ccccc5)c5sc6cc(-c7ccccc7)ccc6c45)cc23)cc1. The van der Waals surface area contributed by atoms with Gasteiger partial charge in [0.1, 0.15) is 0 Å². The van der Waals surface area contributed by atoms with Gasteiger partial charge in [0, 0.05) is 51.7 Å². The number of rotatable bonds is 7. The average molecular weight is 862 g/mol. The average Bonchev–Trinajstić information content (AvgIpc) is 3.95. The van der Waals surface area contributed by atoms with Crippen LogP contribution in [0.4, 0.5) is 17.1 Å². The van der Waals surface area contributed by atoms with Gasteiger partial charge in [-0.1, -0.05) is 182 Å². The standard InChI is InChI=1S/C62H39NS2/c1-4-12-40(13-5-1)47-26-31-53-56-39-50(30-35-58(56)64-59(53)37-47)63(49-28-24-42(25-29-49)46-23-22-45-21-20-44-18-10-11-19-51(44)55(45)36-46)57-34-33-52(43-16-8-3-9-17-43)62-61(57)54-32-27-48(38-60(54)65-62)41-14-6-2-7-15-41/h1-39H. The topological polar surface area (TPSA) is 3.24 Å². The Kier molecular flexibility index (Phi) is 8.97. The number of anilines is 3. The highest BCUT2D eigenvalue weighted by molar-refractivity contribution is 7.26. The largest absolute Gasteiger partial charge is 0.310 e. The van der Waals surface area contributed by atoms with Gasteiger partial charge in [-0.25, -0.2) is 0 Å². The predicted molar refractivity (Wildman–Crippen MR) is 284 cm³/mol. The van der Waals surface area contributed by atoms with E-state index in [1.807, 2.05) is 22.7 Å². The summed E-state index contributed by atoms with van der Waals surface area (Å²) in [6, 6.07) is 87.2. The molecule has 0 N–H and O–H groups in total. The van der Waals surface area contributed by atoms with Crippen molar-refractivity contribution in [3.63, 3.8) is 0 Å². The van der Waals surface area contributed by atoms with E-state index in [0.29, 0.717) is 0 Å². The fraction of sp³-hybridized carbons (Fsp3) is 0. The second-order valence-corrected chi connectivity index (χ2v) is 19.0. The molecule has 0 saturated carbocycles. The number of hydrogen-bond acceptors (Lipinski definition) is 3. The molecule has 0 fully saturated rings. The zero-order valence-electron chi connectivity index (χ0n) is 35.3. The maximum atomic E-state index is 2.49. The van der Waals surface area contributed by atoms with Gasteiger partial charge < -0.3 is 4.90 Å². The minimum absolute atomic E-state index is 1.11. The third-order valence-electron chi connectivity index (χ3n) is 13.1. The first-order valence-electron chi connectivity index (χ1n) is 22.1. The third-order valence-corrected chi connectivity index (χ3v) is 15.4. The van der Waals surface area contributed by atoms with Crippen molar-refractivity contribution in [1.82, 2.24) is 0 Å². The molecule has 0 aliphatic carbocycles. The maximum absolute atomic E-state index is 2.49. The Hall–Kier alpha value is -7.82. The molecule has 0 bridgehead atoms.